The maximum absolute atomic E-state index is 13.3. The highest BCUT2D eigenvalue weighted by Crippen LogP contribution is 2.90. The smallest absolute Gasteiger partial charge is 0.338 e. The molecular weight excluding hydrogens is 372 g/mol. The molecule has 5 spiro atoms. The molecule has 7 rings (SSSR count). The Morgan fingerprint density at radius 1 is 1.03 bits per heavy atom. The van der Waals surface area contributed by atoms with E-state index in [0.717, 1.165) is 32.1 Å². The molecule has 7 aliphatic rings. The van der Waals surface area contributed by atoms with Gasteiger partial charge in [0.2, 0.25) is 0 Å². The average Bonchev–Trinajstić information content (AvgIpc) is 3.18. The van der Waals surface area contributed by atoms with Crippen LogP contribution in [0.2, 0.25) is 0 Å². The Balaban J connectivity index is 1.44. The van der Waals surface area contributed by atoms with E-state index >= 15 is 0 Å². The van der Waals surface area contributed by atoms with Gasteiger partial charge in [-0.05, 0) is 64.7 Å². The number of carbonyl (C=O) groups excluding carboxylic acids is 2. The summed E-state index contributed by atoms with van der Waals surface area (Å²) in [6.45, 7) is 6.53. The molecule has 3 aliphatic carbocycles. The highest BCUT2D eigenvalue weighted by molar-refractivity contribution is 6.12. The maximum atomic E-state index is 13.3. The number of ether oxygens (including phenoxy) is 3. The first kappa shape index (κ1) is 17.7. The van der Waals surface area contributed by atoms with E-state index in [1.54, 1.807) is 0 Å². The summed E-state index contributed by atoms with van der Waals surface area (Å²) in [6, 6.07) is 0. The highest BCUT2D eigenvalue weighted by atomic mass is 16.6. The molecule has 1 N–H and O–H groups in total. The van der Waals surface area contributed by atoms with E-state index in [9.17, 15) is 14.7 Å². The SMILES string of the molecule is CC1CC(C)(O)C2C3(C)C(=O)C34CCCC3(CC23C12CCC1(CCOC1=O)O2)O4. The number of Topliss-reactive ketones (excluding diaryl/α,β-unsaturated/α-hetero) is 1. The van der Waals surface area contributed by atoms with Crippen molar-refractivity contribution in [2.75, 3.05) is 6.61 Å². The molecule has 2 bridgehead atoms. The van der Waals surface area contributed by atoms with E-state index in [4.69, 9.17) is 14.2 Å². The van der Waals surface area contributed by atoms with Crippen molar-refractivity contribution in [3.05, 3.63) is 0 Å². The van der Waals surface area contributed by atoms with Crippen LogP contribution in [0.25, 0.3) is 0 Å². The molecule has 0 amide bonds. The Hall–Kier alpha value is -0.980. The highest BCUT2D eigenvalue weighted by Gasteiger charge is 2.99. The van der Waals surface area contributed by atoms with Crippen molar-refractivity contribution in [2.45, 2.75) is 100 Å². The predicted molar refractivity (Wildman–Crippen MR) is 99.8 cm³/mol. The van der Waals surface area contributed by atoms with Crippen molar-refractivity contribution < 1.29 is 28.9 Å². The summed E-state index contributed by atoms with van der Waals surface area (Å²) in [5, 5.41) is 11.8. The second-order valence-corrected chi connectivity index (χ2v) is 11.7. The van der Waals surface area contributed by atoms with Crippen molar-refractivity contribution in [1.82, 2.24) is 0 Å². The molecule has 29 heavy (non-hydrogen) atoms. The monoisotopic (exact) mass is 402 g/mol. The lowest BCUT2D eigenvalue weighted by Crippen LogP contribution is -2.69. The topological polar surface area (TPSA) is 82.1 Å². The molecule has 4 aliphatic heterocycles. The summed E-state index contributed by atoms with van der Waals surface area (Å²) in [6.07, 6.45) is 6.13. The Bertz CT molecular complexity index is 898. The number of rotatable bonds is 0. The second-order valence-electron chi connectivity index (χ2n) is 11.7. The van der Waals surface area contributed by atoms with Crippen LogP contribution in [0.1, 0.15) is 72.1 Å². The maximum Gasteiger partial charge on any atom is 0.338 e. The molecule has 6 heteroatoms. The zero-order valence-corrected chi connectivity index (χ0v) is 17.5. The van der Waals surface area contributed by atoms with Crippen molar-refractivity contribution in [2.24, 2.45) is 22.7 Å². The van der Waals surface area contributed by atoms with E-state index < -0.39 is 38.8 Å². The van der Waals surface area contributed by atoms with Crippen LogP contribution < -0.4 is 0 Å². The van der Waals surface area contributed by atoms with E-state index in [-0.39, 0.29) is 23.6 Å². The van der Waals surface area contributed by atoms with E-state index in [1.165, 1.54) is 0 Å². The number of hydrogen-bond donors (Lipinski definition) is 1. The van der Waals surface area contributed by atoms with Gasteiger partial charge in [0.1, 0.15) is 5.60 Å². The van der Waals surface area contributed by atoms with Crippen LogP contribution in [0.5, 0.6) is 0 Å². The summed E-state index contributed by atoms with van der Waals surface area (Å²) in [5.74, 6) is -0.159. The van der Waals surface area contributed by atoms with E-state index in [1.807, 2.05) is 13.8 Å². The van der Waals surface area contributed by atoms with Crippen LogP contribution in [-0.4, -0.2) is 51.5 Å². The standard InChI is InChI=1S/C23H30O6/c1-13-11-17(2,26)14-18(3)15(24)23(18)6-4-5-20(29-23)12-21(14,20)22(13)8-7-19(28-22)9-10-27-16(19)25/h13-14,26H,4-12H2,1-3H3. The van der Waals surface area contributed by atoms with E-state index in [2.05, 4.69) is 6.92 Å². The number of hydrogen-bond acceptors (Lipinski definition) is 6. The summed E-state index contributed by atoms with van der Waals surface area (Å²) in [5.41, 5.74) is -4.50. The molecule has 9 atom stereocenters. The molecule has 7 fully saturated rings. The van der Waals surface area contributed by atoms with Gasteiger partial charge < -0.3 is 19.3 Å². The molecule has 0 radical (unpaired) electrons. The van der Waals surface area contributed by atoms with Crippen LogP contribution in [0.4, 0.5) is 0 Å². The normalized spacial score (nSPS) is 66.5. The number of ketones is 1. The fraction of sp³-hybridized carbons (Fsp3) is 0.913. The molecule has 0 aromatic heterocycles. The third-order valence-corrected chi connectivity index (χ3v) is 10.7. The molecular formula is C23H30O6. The lowest BCUT2D eigenvalue weighted by atomic mass is 9.48. The summed E-state index contributed by atoms with van der Waals surface area (Å²) >= 11 is 0. The zero-order chi connectivity index (χ0) is 20.3. The first-order chi connectivity index (χ1) is 13.6. The number of carbonyl (C=O) groups is 2. The van der Waals surface area contributed by atoms with Crippen LogP contribution in [0, 0.1) is 22.7 Å². The Morgan fingerprint density at radius 2 is 1.83 bits per heavy atom. The molecule has 0 aromatic rings. The van der Waals surface area contributed by atoms with E-state index in [0.29, 0.717) is 25.9 Å². The van der Waals surface area contributed by atoms with Crippen LogP contribution in [-0.2, 0) is 23.8 Å². The lowest BCUT2D eigenvalue weighted by Gasteiger charge is -2.62. The summed E-state index contributed by atoms with van der Waals surface area (Å²) in [4.78, 5) is 26.0. The number of cyclic esters (lactones) is 1. The van der Waals surface area contributed by atoms with Crippen LogP contribution >= 0.6 is 0 Å². The van der Waals surface area contributed by atoms with Gasteiger partial charge in [-0.1, -0.05) is 6.92 Å². The molecule has 3 saturated carbocycles. The third-order valence-electron chi connectivity index (χ3n) is 10.7. The van der Waals surface area contributed by atoms with Gasteiger partial charge in [-0.15, -0.1) is 0 Å². The Kier molecular flexibility index (Phi) is 2.64. The molecule has 9 unspecified atom stereocenters. The largest absolute Gasteiger partial charge is 0.463 e. The van der Waals surface area contributed by atoms with Gasteiger partial charge >= 0.3 is 5.97 Å². The number of esters is 1. The summed E-state index contributed by atoms with van der Waals surface area (Å²) in [7, 11) is 0. The summed E-state index contributed by atoms with van der Waals surface area (Å²) < 4.78 is 19.0. The molecule has 4 saturated heterocycles. The first-order valence-corrected chi connectivity index (χ1v) is 11.4. The quantitative estimate of drug-likeness (QED) is 0.626. The van der Waals surface area contributed by atoms with Gasteiger partial charge in [-0.3, -0.25) is 4.79 Å². The first-order valence-electron chi connectivity index (χ1n) is 11.4. The third kappa shape index (κ3) is 1.42. The van der Waals surface area contributed by atoms with Gasteiger partial charge in [-0.2, -0.15) is 0 Å². The van der Waals surface area contributed by atoms with Crippen molar-refractivity contribution >= 4 is 11.8 Å². The Labute approximate surface area is 170 Å². The molecule has 6 nitrogen and oxygen atoms in total. The van der Waals surface area contributed by atoms with Crippen molar-refractivity contribution in [3.63, 3.8) is 0 Å². The Morgan fingerprint density at radius 3 is 2.55 bits per heavy atom. The number of fused-ring (bicyclic) bond motifs is 1. The zero-order valence-electron chi connectivity index (χ0n) is 17.5. The fourth-order valence-electron chi connectivity index (χ4n) is 9.84. The minimum atomic E-state index is -0.949. The van der Waals surface area contributed by atoms with Gasteiger partial charge in [0.25, 0.3) is 0 Å². The van der Waals surface area contributed by atoms with Crippen LogP contribution in [0.3, 0.4) is 0 Å². The fourth-order valence-corrected chi connectivity index (χ4v) is 9.84. The van der Waals surface area contributed by atoms with Gasteiger partial charge in [-0.25, -0.2) is 4.79 Å². The molecule has 4 heterocycles. The minimum Gasteiger partial charge on any atom is -0.463 e. The van der Waals surface area contributed by atoms with Gasteiger partial charge in [0.15, 0.2) is 11.4 Å². The number of aliphatic hydroxyl groups is 1. The van der Waals surface area contributed by atoms with Gasteiger partial charge in [0.05, 0.1) is 28.8 Å². The van der Waals surface area contributed by atoms with Crippen LogP contribution in [0.15, 0.2) is 0 Å². The van der Waals surface area contributed by atoms with Gasteiger partial charge in [0, 0.05) is 17.8 Å². The predicted octanol–water partition coefficient (Wildman–Crippen LogP) is 2.30. The molecule has 0 aromatic carbocycles. The minimum absolute atomic E-state index is 0.0800. The lowest BCUT2D eigenvalue weighted by molar-refractivity contribution is -0.300. The van der Waals surface area contributed by atoms with Crippen molar-refractivity contribution in [1.29, 1.82) is 0 Å². The second kappa shape index (κ2) is 4.33. The average molecular weight is 402 g/mol. The molecule has 158 valence electrons. The van der Waals surface area contributed by atoms with Crippen molar-refractivity contribution in [3.8, 4) is 0 Å².